The third-order valence-electron chi connectivity index (χ3n) is 1.41. The largest absolute Gasteiger partial charge is 0.227 e. The lowest BCUT2D eigenvalue weighted by Crippen LogP contribution is -1.85. The van der Waals surface area contributed by atoms with Gasteiger partial charge in [0.15, 0.2) is 0 Å². The van der Waals surface area contributed by atoms with Crippen LogP contribution in [-0.4, -0.2) is 9.97 Å². The first-order valence-electron chi connectivity index (χ1n) is 3.49. The molecular formula is C8H4BrFN2S. The van der Waals surface area contributed by atoms with E-state index < -0.39 is 5.95 Å². The van der Waals surface area contributed by atoms with Gasteiger partial charge in [-0.25, -0.2) is 9.97 Å². The Morgan fingerprint density at radius 3 is 2.77 bits per heavy atom. The monoisotopic (exact) mass is 258 g/mol. The van der Waals surface area contributed by atoms with E-state index in [0.29, 0.717) is 10.7 Å². The van der Waals surface area contributed by atoms with E-state index in [2.05, 4.69) is 25.9 Å². The topological polar surface area (TPSA) is 25.8 Å². The molecule has 0 spiro atoms. The predicted molar refractivity (Wildman–Crippen MR) is 53.0 cm³/mol. The van der Waals surface area contributed by atoms with E-state index in [1.54, 1.807) is 12.1 Å². The van der Waals surface area contributed by atoms with Gasteiger partial charge in [-0.05, 0) is 28.1 Å². The van der Waals surface area contributed by atoms with Gasteiger partial charge < -0.3 is 0 Å². The Morgan fingerprint density at radius 1 is 1.31 bits per heavy atom. The van der Waals surface area contributed by atoms with E-state index in [4.69, 9.17) is 0 Å². The van der Waals surface area contributed by atoms with Crippen LogP contribution in [0.5, 0.6) is 0 Å². The highest BCUT2D eigenvalue weighted by atomic mass is 79.9. The molecule has 2 aromatic heterocycles. The van der Waals surface area contributed by atoms with Crippen LogP contribution in [0.15, 0.2) is 28.2 Å². The molecular weight excluding hydrogens is 255 g/mol. The number of rotatable bonds is 1. The zero-order chi connectivity index (χ0) is 9.26. The SMILES string of the molecule is Fc1cccc(-c2nc(Br)cs2)n1. The van der Waals surface area contributed by atoms with Crippen LogP contribution in [0.2, 0.25) is 0 Å². The molecule has 2 nitrogen and oxygen atoms in total. The average molecular weight is 259 g/mol. The summed E-state index contributed by atoms with van der Waals surface area (Å²) in [5, 5.41) is 2.55. The Balaban J connectivity index is 2.46. The number of thiazole rings is 1. The normalized spacial score (nSPS) is 10.3. The minimum Gasteiger partial charge on any atom is -0.227 e. The molecule has 2 aromatic rings. The van der Waals surface area contributed by atoms with Crippen LogP contribution in [0.4, 0.5) is 4.39 Å². The summed E-state index contributed by atoms with van der Waals surface area (Å²) in [6.45, 7) is 0. The van der Waals surface area contributed by atoms with Gasteiger partial charge in [-0.2, -0.15) is 4.39 Å². The minimum atomic E-state index is -0.483. The molecule has 0 fully saturated rings. The lowest BCUT2D eigenvalue weighted by molar-refractivity contribution is 0.585. The minimum absolute atomic E-state index is 0.483. The zero-order valence-corrected chi connectivity index (χ0v) is 8.77. The average Bonchev–Trinajstić information content (AvgIpc) is 2.52. The van der Waals surface area contributed by atoms with Gasteiger partial charge in [0.1, 0.15) is 15.3 Å². The number of hydrogen-bond donors (Lipinski definition) is 0. The molecule has 5 heteroatoms. The van der Waals surface area contributed by atoms with E-state index in [-0.39, 0.29) is 0 Å². The highest BCUT2D eigenvalue weighted by Gasteiger charge is 2.04. The van der Waals surface area contributed by atoms with Crippen molar-refractivity contribution >= 4 is 27.3 Å². The van der Waals surface area contributed by atoms with Crippen molar-refractivity contribution in [3.8, 4) is 10.7 Å². The Kier molecular flexibility index (Phi) is 2.37. The maximum absolute atomic E-state index is 12.7. The molecule has 0 unspecified atom stereocenters. The number of halogens is 2. The maximum Gasteiger partial charge on any atom is 0.213 e. The molecule has 0 radical (unpaired) electrons. The molecule has 0 bridgehead atoms. The number of nitrogens with zero attached hydrogens (tertiary/aromatic N) is 2. The summed E-state index contributed by atoms with van der Waals surface area (Å²) in [6, 6.07) is 4.66. The van der Waals surface area contributed by atoms with E-state index in [1.807, 2.05) is 5.38 Å². The van der Waals surface area contributed by atoms with Crippen LogP contribution >= 0.6 is 27.3 Å². The van der Waals surface area contributed by atoms with Gasteiger partial charge in [-0.1, -0.05) is 6.07 Å². The molecule has 0 N–H and O–H groups in total. The highest BCUT2D eigenvalue weighted by Crippen LogP contribution is 2.24. The fourth-order valence-electron chi connectivity index (χ4n) is 0.899. The van der Waals surface area contributed by atoms with Gasteiger partial charge in [0.25, 0.3) is 0 Å². The number of aromatic nitrogens is 2. The molecule has 13 heavy (non-hydrogen) atoms. The van der Waals surface area contributed by atoms with Gasteiger partial charge in [-0.15, -0.1) is 11.3 Å². The first-order chi connectivity index (χ1) is 6.25. The van der Waals surface area contributed by atoms with Crippen molar-refractivity contribution in [1.29, 1.82) is 0 Å². The number of hydrogen-bond acceptors (Lipinski definition) is 3. The predicted octanol–water partition coefficient (Wildman–Crippen LogP) is 3.11. The van der Waals surface area contributed by atoms with Crippen molar-refractivity contribution in [1.82, 2.24) is 9.97 Å². The maximum atomic E-state index is 12.7. The Morgan fingerprint density at radius 2 is 2.15 bits per heavy atom. The summed E-state index contributed by atoms with van der Waals surface area (Å²) in [5.74, 6) is -0.483. The highest BCUT2D eigenvalue weighted by molar-refractivity contribution is 9.10. The molecule has 0 aliphatic carbocycles. The molecule has 66 valence electrons. The van der Waals surface area contributed by atoms with Gasteiger partial charge >= 0.3 is 0 Å². The first-order valence-corrected chi connectivity index (χ1v) is 5.17. The summed E-state index contributed by atoms with van der Waals surface area (Å²) in [7, 11) is 0. The van der Waals surface area contributed by atoms with Crippen LogP contribution in [0, 0.1) is 5.95 Å². The summed E-state index contributed by atoms with van der Waals surface area (Å²) in [4.78, 5) is 7.85. The number of pyridine rings is 1. The third kappa shape index (κ3) is 1.92. The molecule has 0 amide bonds. The van der Waals surface area contributed by atoms with Crippen molar-refractivity contribution in [2.45, 2.75) is 0 Å². The van der Waals surface area contributed by atoms with Gasteiger partial charge in [0.05, 0.1) is 0 Å². The van der Waals surface area contributed by atoms with Crippen molar-refractivity contribution in [2.75, 3.05) is 0 Å². The third-order valence-corrected chi connectivity index (χ3v) is 2.98. The second kappa shape index (κ2) is 3.51. The standard InChI is InChI=1S/C8H4BrFN2S/c9-6-4-13-8(12-6)5-2-1-3-7(10)11-5/h1-4H. The Labute approximate surface area is 86.6 Å². The van der Waals surface area contributed by atoms with Crippen molar-refractivity contribution < 1.29 is 4.39 Å². The summed E-state index contributed by atoms with van der Waals surface area (Å²) >= 11 is 4.65. The Hall–Kier alpha value is -0.810. The van der Waals surface area contributed by atoms with E-state index in [1.165, 1.54) is 17.4 Å². The molecule has 0 saturated heterocycles. The fraction of sp³-hybridized carbons (Fsp3) is 0. The zero-order valence-electron chi connectivity index (χ0n) is 6.37. The molecule has 2 heterocycles. The van der Waals surface area contributed by atoms with Crippen LogP contribution in [0.3, 0.4) is 0 Å². The summed E-state index contributed by atoms with van der Waals surface area (Å²) in [5.41, 5.74) is 0.565. The van der Waals surface area contributed by atoms with E-state index in [9.17, 15) is 4.39 Å². The van der Waals surface area contributed by atoms with Gasteiger partial charge in [-0.3, -0.25) is 0 Å². The summed E-state index contributed by atoms with van der Waals surface area (Å²) < 4.78 is 13.5. The lowest BCUT2D eigenvalue weighted by Gasteiger charge is -1.93. The van der Waals surface area contributed by atoms with Crippen molar-refractivity contribution in [3.63, 3.8) is 0 Å². The van der Waals surface area contributed by atoms with Crippen LogP contribution in [0.1, 0.15) is 0 Å². The van der Waals surface area contributed by atoms with Crippen LogP contribution in [-0.2, 0) is 0 Å². The molecule has 0 aliphatic heterocycles. The van der Waals surface area contributed by atoms with E-state index >= 15 is 0 Å². The van der Waals surface area contributed by atoms with Crippen molar-refractivity contribution in [2.24, 2.45) is 0 Å². The van der Waals surface area contributed by atoms with Gasteiger partial charge in [0.2, 0.25) is 5.95 Å². The van der Waals surface area contributed by atoms with Gasteiger partial charge in [0, 0.05) is 5.38 Å². The molecule has 0 aliphatic rings. The summed E-state index contributed by atoms with van der Waals surface area (Å²) in [6.07, 6.45) is 0. The molecule has 0 aromatic carbocycles. The van der Waals surface area contributed by atoms with E-state index in [0.717, 1.165) is 4.60 Å². The van der Waals surface area contributed by atoms with Crippen molar-refractivity contribution in [3.05, 3.63) is 34.1 Å². The van der Waals surface area contributed by atoms with Crippen LogP contribution in [0.25, 0.3) is 10.7 Å². The molecule has 0 atom stereocenters. The van der Waals surface area contributed by atoms with Crippen LogP contribution < -0.4 is 0 Å². The molecule has 0 saturated carbocycles. The fourth-order valence-corrected chi connectivity index (χ4v) is 2.12. The second-order valence-corrected chi connectivity index (χ2v) is 3.99. The second-order valence-electron chi connectivity index (χ2n) is 2.32. The quantitative estimate of drug-likeness (QED) is 0.735. The first kappa shape index (κ1) is 8.77. The smallest absolute Gasteiger partial charge is 0.213 e. The lowest BCUT2D eigenvalue weighted by atomic mass is 10.4. The molecule has 2 rings (SSSR count). The Bertz CT molecular complexity index is 430.